The Morgan fingerprint density at radius 3 is 2.72 bits per heavy atom. The molecule has 0 aliphatic rings. The third-order valence-electron chi connectivity index (χ3n) is 3.93. The van der Waals surface area contributed by atoms with Gasteiger partial charge in [0, 0.05) is 23.9 Å². The number of nitrogens with zero attached hydrogens (tertiary/aromatic N) is 6. The van der Waals surface area contributed by atoms with E-state index >= 15 is 0 Å². The lowest BCUT2D eigenvalue weighted by Gasteiger charge is -2.10. The third-order valence-corrected chi connectivity index (χ3v) is 3.93. The molecule has 4 aromatic rings. The molecule has 9 heteroatoms. The zero-order valence-electron chi connectivity index (χ0n) is 13.2. The Morgan fingerprint density at radius 2 is 2.00 bits per heavy atom. The topological polar surface area (TPSA) is 87.4 Å². The number of imidazole rings is 1. The van der Waals surface area contributed by atoms with Gasteiger partial charge in [-0.1, -0.05) is 0 Å². The summed E-state index contributed by atoms with van der Waals surface area (Å²) < 4.78 is 31.1. The molecule has 0 radical (unpaired) electrons. The van der Waals surface area contributed by atoms with E-state index in [9.17, 15) is 8.78 Å². The van der Waals surface area contributed by atoms with Crippen LogP contribution in [0.1, 0.15) is 6.92 Å². The van der Waals surface area contributed by atoms with E-state index in [2.05, 4.69) is 20.1 Å². The third kappa shape index (κ3) is 2.32. The van der Waals surface area contributed by atoms with Gasteiger partial charge in [-0.15, -0.1) is 0 Å². The molecule has 25 heavy (non-hydrogen) atoms. The van der Waals surface area contributed by atoms with Gasteiger partial charge >= 0.3 is 0 Å². The van der Waals surface area contributed by atoms with Crippen LogP contribution < -0.4 is 5.73 Å². The second-order valence-corrected chi connectivity index (χ2v) is 5.37. The zero-order valence-corrected chi connectivity index (χ0v) is 13.2. The molecule has 0 saturated carbocycles. The van der Waals surface area contributed by atoms with E-state index < -0.39 is 11.6 Å². The Hall–Kier alpha value is -3.36. The van der Waals surface area contributed by atoms with Crippen LogP contribution in [-0.2, 0) is 6.54 Å². The van der Waals surface area contributed by atoms with Gasteiger partial charge in [-0.25, -0.2) is 13.8 Å². The van der Waals surface area contributed by atoms with Crippen molar-refractivity contribution in [2.75, 3.05) is 5.73 Å². The summed E-state index contributed by atoms with van der Waals surface area (Å²) in [6, 6.07) is 3.31. The van der Waals surface area contributed by atoms with Gasteiger partial charge in [0.05, 0.1) is 11.7 Å². The maximum atomic E-state index is 14.3. The molecule has 1 aromatic carbocycles. The number of anilines is 1. The molecule has 0 amide bonds. The second-order valence-electron chi connectivity index (χ2n) is 5.37. The van der Waals surface area contributed by atoms with Crippen molar-refractivity contribution in [3.05, 3.63) is 48.6 Å². The van der Waals surface area contributed by atoms with Crippen LogP contribution in [0.2, 0.25) is 0 Å². The number of aromatic nitrogens is 6. The lowest BCUT2D eigenvalue weighted by Crippen LogP contribution is -2.10. The van der Waals surface area contributed by atoms with Crippen molar-refractivity contribution < 1.29 is 8.78 Å². The Kier molecular flexibility index (Phi) is 3.41. The Balaban J connectivity index is 2.06. The van der Waals surface area contributed by atoms with E-state index in [0.29, 0.717) is 29.1 Å². The largest absolute Gasteiger partial charge is 0.368 e. The summed E-state index contributed by atoms with van der Waals surface area (Å²) in [4.78, 5) is 12.5. The number of pyridine rings is 1. The number of nitrogens with two attached hydrogens (primary N) is 1. The van der Waals surface area contributed by atoms with Crippen molar-refractivity contribution in [3.8, 4) is 17.1 Å². The van der Waals surface area contributed by atoms with Crippen molar-refractivity contribution in [2.24, 2.45) is 0 Å². The molecule has 7 nitrogen and oxygen atoms in total. The van der Waals surface area contributed by atoms with E-state index in [0.717, 1.165) is 18.2 Å². The minimum absolute atomic E-state index is 0.116. The fourth-order valence-electron chi connectivity index (χ4n) is 2.84. The number of halogens is 2. The van der Waals surface area contributed by atoms with Crippen LogP contribution in [0.15, 0.2) is 36.9 Å². The normalized spacial score (nSPS) is 11.3. The Bertz CT molecular complexity index is 1080. The van der Waals surface area contributed by atoms with Gasteiger partial charge in [0.25, 0.3) is 0 Å². The molecule has 0 bridgehead atoms. The number of benzene rings is 1. The van der Waals surface area contributed by atoms with Crippen LogP contribution in [0.5, 0.6) is 0 Å². The van der Waals surface area contributed by atoms with Crippen molar-refractivity contribution in [1.82, 2.24) is 29.3 Å². The molecule has 0 fully saturated rings. The van der Waals surface area contributed by atoms with Crippen molar-refractivity contribution in [1.29, 1.82) is 0 Å². The molecule has 0 spiro atoms. The highest BCUT2D eigenvalue weighted by atomic mass is 19.1. The summed E-state index contributed by atoms with van der Waals surface area (Å²) in [5, 5.41) is 4.07. The predicted molar refractivity (Wildman–Crippen MR) is 87.9 cm³/mol. The number of aryl methyl sites for hydroxylation is 1. The van der Waals surface area contributed by atoms with E-state index in [1.807, 2.05) is 11.5 Å². The first-order valence-electron chi connectivity index (χ1n) is 7.55. The average Bonchev–Trinajstić information content (AvgIpc) is 3.19. The first-order chi connectivity index (χ1) is 12.1. The fraction of sp³-hybridized carbons (Fsp3) is 0.125. The fourth-order valence-corrected chi connectivity index (χ4v) is 2.84. The molecule has 0 saturated heterocycles. The Morgan fingerprint density at radius 1 is 1.16 bits per heavy atom. The van der Waals surface area contributed by atoms with E-state index in [1.165, 1.54) is 17.2 Å². The molecule has 0 atom stereocenters. The Labute approximate surface area is 140 Å². The molecular weight excluding hydrogens is 328 g/mol. The van der Waals surface area contributed by atoms with Crippen LogP contribution in [0, 0.1) is 11.6 Å². The second kappa shape index (κ2) is 5.62. The van der Waals surface area contributed by atoms with Crippen LogP contribution in [0.3, 0.4) is 0 Å². The maximum Gasteiger partial charge on any atom is 0.235 e. The zero-order chi connectivity index (χ0) is 17.6. The lowest BCUT2D eigenvalue weighted by atomic mass is 10.1. The molecule has 3 heterocycles. The summed E-state index contributed by atoms with van der Waals surface area (Å²) in [5.41, 5.74) is 7.52. The standard InChI is InChI=1S/C16H13F2N7/c1-2-24-14-11(10-5-9(17)3-4-12(10)18)6-20-7-13(14)23-16(24)25-15(19)21-8-22-25/h3-8H,2H2,1H3,(H2,19,21,22). The average molecular weight is 341 g/mol. The highest BCUT2D eigenvalue weighted by Crippen LogP contribution is 2.32. The molecule has 0 aliphatic heterocycles. The summed E-state index contributed by atoms with van der Waals surface area (Å²) in [6.45, 7) is 2.42. The van der Waals surface area contributed by atoms with Gasteiger partial charge < -0.3 is 10.3 Å². The quantitative estimate of drug-likeness (QED) is 0.619. The van der Waals surface area contributed by atoms with Gasteiger partial charge in [-0.3, -0.25) is 4.98 Å². The van der Waals surface area contributed by atoms with E-state index in [1.54, 1.807) is 6.20 Å². The van der Waals surface area contributed by atoms with Crippen LogP contribution >= 0.6 is 0 Å². The van der Waals surface area contributed by atoms with Crippen molar-refractivity contribution in [2.45, 2.75) is 13.5 Å². The molecular formula is C16H13F2N7. The van der Waals surface area contributed by atoms with E-state index in [4.69, 9.17) is 5.73 Å². The smallest absolute Gasteiger partial charge is 0.235 e. The molecule has 126 valence electrons. The predicted octanol–water partition coefficient (Wildman–Crippen LogP) is 2.56. The molecule has 2 N–H and O–H groups in total. The van der Waals surface area contributed by atoms with E-state index in [-0.39, 0.29) is 11.5 Å². The minimum Gasteiger partial charge on any atom is -0.368 e. The maximum absolute atomic E-state index is 14.3. The number of hydrogen-bond acceptors (Lipinski definition) is 5. The summed E-state index contributed by atoms with van der Waals surface area (Å²) in [6.07, 6.45) is 4.36. The monoisotopic (exact) mass is 341 g/mol. The summed E-state index contributed by atoms with van der Waals surface area (Å²) in [5.74, 6) is -0.465. The number of nitrogen functional groups attached to an aromatic ring is 1. The molecule has 3 aromatic heterocycles. The first kappa shape index (κ1) is 15.2. The molecule has 0 aliphatic carbocycles. The summed E-state index contributed by atoms with van der Waals surface area (Å²) in [7, 11) is 0. The summed E-state index contributed by atoms with van der Waals surface area (Å²) >= 11 is 0. The van der Waals surface area contributed by atoms with Gasteiger partial charge in [0.2, 0.25) is 11.9 Å². The van der Waals surface area contributed by atoms with Crippen LogP contribution in [-0.4, -0.2) is 29.3 Å². The highest BCUT2D eigenvalue weighted by Gasteiger charge is 2.19. The SMILES string of the molecule is CCn1c(-n2ncnc2N)nc2cncc(-c3cc(F)ccc3F)c21. The van der Waals surface area contributed by atoms with Crippen molar-refractivity contribution in [3.63, 3.8) is 0 Å². The number of hydrogen-bond donors (Lipinski definition) is 1. The van der Waals surface area contributed by atoms with Crippen LogP contribution in [0.25, 0.3) is 28.1 Å². The first-order valence-corrected chi connectivity index (χ1v) is 7.55. The number of rotatable bonds is 3. The molecule has 0 unspecified atom stereocenters. The number of fused-ring (bicyclic) bond motifs is 1. The minimum atomic E-state index is -0.540. The van der Waals surface area contributed by atoms with Crippen molar-refractivity contribution >= 4 is 17.0 Å². The van der Waals surface area contributed by atoms with Gasteiger partial charge in [0.1, 0.15) is 23.5 Å². The van der Waals surface area contributed by atoms with Gasteiger partial charge in [-0.05, 0) is 25.1 Å². The lowest BCUT2D eigenvalue weighted by molar-refractivity contribution is 0.603. The van der Waals surface area contributed by atoms with Crippen LogP contribution in [0.4, 0.5) is 14.7 Å². The van der Waals surface area contributed by atoms with Gasteiger partial charge in [0.15, 0.2) is 0 Å². The highest BCUT2D eigenvalue weighted by molar-refractivity contribution is 5.92. The van der Waals surface area contributed by atoms with Gasteiger partial charge in [-0.2, -0.15) is 14.8 Å². The molecule has 4 rings (SSSR count).